The second-order valence-electron chi connectivity index (χ2n) is 8.06. The highest BCUT2D eigenvalue weighted by atomic mass is 19.1. The third-order valence-corrected chi connectivity index (χ3v) is 5.92. The summed E-state index contributed by atoms with van der Waals surface area (Å²) >= 11 is 0. The summed E-state index contributed by atoms with van der Waals surface area (Å²) in [7, 11) is 0. The van der Waals surface area contributed by atoms with Crippen LogP contribution in [0.3, 0.4) is 0 Å². The van der Waals surface area contributed by atoms with Gasteiger partial charge in [0.15, 0.2) is 11.5 Å². The lowest BCUT2D eigenvalue weighted by Gasteiger charge is -2.25. The Morgan fingerprint density at radius 2 is 1.82 bits per heavy atom. The van der Waals surface area contributed by atoms with E-state index in [0.717, 1.165) is 0 Å². The Labute approximate surface area is 194 Å². The molecule has 174 valence electrons. The first kappa shape index (κ1) is 21.7. The lowest BCUT2D eigenvalue weighted by atomic mass is 9.95. The number of Topliss-reactive ketones (excluding diaryl/α,β-unsaturated/α-hetero) is 1. The average molecular weight is 463 g/mol. The number of hydrogen-bond acceptors (Lipinski definition) is 6. The molecule has 1 saturated heterocycles. The fraction of sp³-hybridized carbons (Fsp3) is 0.240. The van der Waals surface area contributed by atoms with Gasteiger partial charge in [-0.15, -0.1) is 0 Å². The molecular formula is C25H22FN3O5. The van der Waals surface area contributed by atoms with E-state index in [-0.39, 0.29) is 17.9 Å². The minimum atomic E-state index is -0.850. The highest BCUT2D eigenvalue weighted by molar-refractivity contribution is 6.46. The number of aryl methyl sites for hydroxylation is 1. The van der Waals surface area contributed by atoms with Gasteiger partial charge in [0.1, 0.15) is 24.8 Å². The largest absolute Gasteiger partial charge is 0.507 e. The van der Waals surface area contributed by atoms with E-state index < -0.39 is 23.5 Å². The van der Waals surface area contributed by atoms with Gasteiger partial charge in [0.05, 0.1) is 17.9 Å². The molecule has 3 aromatic rings. The van der Waals surface area contributed by atoms with Crippen molar-refractivity contribution in [3.63, 3.8) is 0 Å². The van der Waals surface area contributed by atoms with E-state index in [1.807, 2.05) is 10.8 Å². The molecule has 0 saturated carbocycles. The van der Waals surface area contributed by atoms with Gasteiger partial charge in [0.2, 0.25) is 0 Å². The van der Waals surface area contributed by atoms with Gasteiger partial charge < -0.3 is 24.0 Å². The van der Waals surface area contributed by atoms with Gasteiger partial charge in [0.25, 0.3) is 11.7 Å². The number of ketones is 1. The molecule has 0 spiro atoms. The van der Waals surface area contributed by atoms with Crippen molar-refractivity contribution in [3.8, 4) is 11.5 Å². The van der Waals surface area contributed by atoms with Crippen molar-refractivity contribution in [2.24, 2.45) is 0 Å². The summed E-state index contributed by atoms with van der Waals surface area (Å²) in [6, 6.07) is 9.57. The summed E-state index contributed by atoms with van der Waals surface area (Å²) in [6.45, 7) is 1.66. The summed E-state index contributed by atoms with van der Waals surface area (Å²) in [5.41, 5.74) is 0.811. The standard InChI is InChI=1S/C25H22FN3O5/c26-18-5-2-16(3-6-18)22-21(23(30)17-4-7-19-20(14-17)34-13-12-33-19)24(31)25(32)29(22)10-1-9-28-11-8-27-15-28/h2-8,11,14-15,22,30H,1,9-10,12-13H2/t22-/m1/s1. The Morgan fingerprint density at radius 1 is 1.06 bits per heavy atom. The van der Waals surface area contributed by atoms with E-state index >= 15 is 0 Å². The molecule has 0 aliphatic carbocycles. The number of imidazole rings is 1. The summed E-state index contributed by atoms with van der Waals surface area (Å²) in [5, 5.41) is 11.2. The van der Waals surface area contributed by atoms with Crippen molar-refractivity contribution < 1.29 is 28.6 Å². The number of amides is 1. The second-order valence-corrected chi connectivity index (χ2v) is 8.06. The van der Waals surface area contributed by atoms with E-state index in [9.17, 15) is 19.1 Å². The second kappa shape index (κ2) is 9.01. The molecule has 0 unspecified atom stereocenters. The molecule has 1 atom stereocenters. The SMILES string of the molecule is O=C1C(=O)N(CCCn2ccnc2)[C@H](c2ccc(F)cc2)C1=C(O)c1ccc2c(c1)OCCO2. The van der Waals surface area contributed by atoms with Crippen molar-refractivity contribution in [2.45, 2.75) is 19.0 Å². The Bertz CT molecular complexity index is 1250. The molecule has 1 fully saturated rings. The van der Waals surface area contributed by atoms with Crippen LogP contribution in [-0.4, -0.2) is 51.0 Å². The molecule has 2 aromatic carbocycles. The summed E-state index contributed by atoms with van der Waals surface area (Å²) < 4.78 is 26.6. The Kier molecular flexibility index (Phi) is 5.75. The summed E-state index contributed by atoms with van der Waals surface area (Å²) in [6.07, 6.45) is 5.71. The van der Waals surface area contributed by atoms with E-state index in [1.165, 1.54) is 29.2 Å². The maximum absolute atomic E-state index is 13.6. The fourth-order valence-corrected chi connectivity index (χ4v) is 4.29. The molecule has 34 heavy (non-hydrogen) atoms. The number of hydrogen-bond donors (Lipinski definition) is 1. The molecule has 8 nitrogen and oxygen atoms in total. The van der Waals surface area contributed by atoms with Crippen molar-refractivity contribution >= 4 is 17.4 Å². The van der Waals surface area contributed by atoms with Gasteiger partial charge >= 0.3 is 0 Å². The van der Waals surface area contributed by atoms with Gasteiger partial charge in [0, 0.05) is 31.0 Å². The maximum Gasteiger partial charge on any atom is 0.295 e. The number of carbonyl (C=O) groups is 2. The predicted molar refractivity (Wildman–Crippen MR) is 120 cm³/mol. The summed E-state index contributed by atoms with van der Waals surface area (Å²) in [4.78, 5) is 31.6. The van der Waals surface area contributed by atoms with Gasteiger partial charge in [-0.2, -0.15) is 0 Å². The van der Waals surface area contributed by atoms with Gasteiger partial charge in [-0.25, -0.2) is 9.37 Å². The van der Waals surface area contributed by atoms with E-state index in [0.29, 0.717) is 48.8 Å². The van der Waals surface area contributed by atoms with Crippen molar-refractivity contribution in [2.75, 3.05) is 19.8 Å². The van der Waals surface area contributed by atoms with Crippen LogP contribution in [0.4, 0.5) is 4.39 Å². The Balaban J connectivity index is 1.53. The molecule has 3 heterocycles. The van der Waals surface area contributed by atoms with Crippen LogP contribution < -0.4 is 9.47 Å². The fourth-order valence-electron chi connectivity index (χ4n) is 4.29. The first-order valence-electron chi connectivity index (χ1n) is 10.9. The maximum atomic E-state index is 13.6. The predicted octanol–water partition coefficient (Wildman–Crippen LogP) is 3.31. The van der Waals surface area contributed by atoms with Crippen molar-refractivity contribution in [1.29, 1.82) is 0 Å². The molecule has 5 rings (SSSR count). The third-order valence-electron chi connectivity index (χ3n) is 5.92. The van der Waals surface area contributed by atoms with Crippen molar-refractivity contribution in [3.05, 3.63) is 83.7 Å². The first-order chi connectivity index (χ1) is 16.5. The lowest BCUT2D eigenvalue weighted by Crippen LogP contribution is -2.31. The molecular weight excluding hydrogens is 441 g/mol. The van der Waals surface area contributed by atoms with Crippen molar-refractivity contribution in [1.82, 2.24) is 14.5 Å². The number of halogens is 1. The van der Waals surface area contributed by atoms with Gasteiger partial charge in [-0.05, 0) is 42.3 Å². The highest BCUT2D eigenvalue weighted by Crippen LogP contribution is 2.41. The van der Waals surface area contributed by atoms with Crippen LogP contribution in [0.1, 0.15) is 23.6 Å². The number of likely N-dealkylation sites (tertiary alicyclic amines) is 1. The van der Waals surface area contributed by atoms with E-state index in [1.54, 1.807) is 30.7 Å². The van der Waals surface area contributed by atoms with Crippen LogP contribution in [0, 0.1) is 5.82 Å². The lowest BCUT2D eigenvalue weighted by molar-refractivity contribution is -0.139. The number of benzene rings is 2. The molecule has 1 amide bonds. The molecule has 2 aliphatic heterocycles. The zero-order valence-electron chi connectivity index (χ0n) is 18.2. The smallest absolute Gasteiger partial charge is 0.295 e. The number of carbonyl (C=O) groups excluding carboxylic acids is 2. The highest BCUT2D eigenvalue weighted by Gasteiger charge is 2.45. The Hall–Kier alpha value is -4.14. The van der Waals surface area contributed by atoms with Crippen LogP contribution in [0.25, 0.3) is 5.76 Å². The average Bonchev–Trinajstić information content (AvgIpc) is 3.46. The quantitative estimate of drug-likeness (QED) is 0.343. The number of aromatic nitrogens is 2. The van der Waals surface area contributed by atoms with Crippen LogP contribution in [0.2, 0.25) is 0 Å². The number of nitrogens with zero attached hydrogens (tertiary/aromatic N) is 3. The molecule has 1 N–H and O–H groups in total. The molecule has 1 aromatic heterocycles. The Morgan fingerprint density at radius 3 is 2.56 bits per heavy atom. The molecule has 0 bridgehead atoms. The van der Waals surface area contributed by atoms with Crippen LogP contribution in [0.15, 0.2) is 66.8 Å². The minimum absolute atomic E-state index is 0.0454. The normalized spacial score (nSPS) is 19.0. The molecule has 0 radical (unpaired) electrons. The zero-order chi connectivity index (χ0) is 23.7. The monoisotopic (exact) mass is 463 g/mol. The number of aliphatic hydroxyl groups is 1. The summed E-state index contributed by atoms with van der Waals surface area (Å²) in [5.74, 6) is -1.26. The molecule has 2 aliphatic rings. The topological polar surface area (TPSA) is 93.9 Å². The van der Waals surface area contributed by atoms with Gasteiger partial charge in [-0.3, -0.25) is 9.59 Å². The number of rotatable bonds is 6. The van der Waals surface area contributed by atoms with Crippen LogP contribution in [0.5, 0.6) is 11.5 Å². The first-order valence-corrected chi connectivity index (χ1v) is 10.9. The number of ether oxygens (including phenoxy) is 2. The zero-order valence-corrected chi connectivity index (χ0v) is 18.2. The van der Waals surface area contributed by atoms with E-state index in [2.05, 4.69) is 4.98 Å². The molecule has 9 heteroatoms. The third kappa shape index (κ3) is 4.00. The number of aliphatic hydroxyl groups excluding tert-OH is 1. The van der Waals surface area contributed by atoms with E-state index in [4.69, 9.17) is 9.47 Å². The minimum Gasteiger partial charge on any atom is -0.507 e. The van der Waals surface area contributed by atoms with Crippen LogP contribution >= 0.6 is 0 Å². The van der Waals surface area contributed by atoms with Gasteiger partial charge in [-0.1, -0.05) is 12.1 Å². The van der Waals surface area contributed by atoms with Crippen LogP contribution in [-0.2, 0) is 16.1 Å². The number of fused-ring (bicyclic) bond motifs is 1.